The second kappa shape index (κ2) is 5.97. The maximum absolute atomic E-state index is 12.7. The molecule has 1 atom stereocenters. The number of nitrogens with one attached hydrogen (secondary N) is 1. The number of hydrogen-bond acceptors (Lipinski definition) is 5. The van der Waals surface area contributed by atoms with Crippen molar-refractivity contribution in [2.24, 2.45) is 7.05 Å². The van der Waals surface area contributed by atoms with Gasteiger partial charge in [0.05, 0.1) is 17.1 Å². The number of rotatable bonds is 3. The van der Waals surface area contributed by atoms with Crippen molar-refractivity contribution in [3.8, 4) is 6.07 Å². The molecule has 3 aromatic rings. The van der Waals surface area contributed by atoms with Gasteiger partial charge in [-0.15, -0.1) is 11.3 Å². The average molecular weight is 352 g/mol. The molecule has 0 saturated carbocycles. The van der Waals surface area contributed by atoms with E-state index in [-0.39, 0.29) is 17.2 Å². The molecule has 0 aromatic carbocycles. The van der Waals surface area contributed by atoms with E-state index in [1.807, 2.05) is 6.07 Å². The van der Waals surface area contributed by atoms with E-state index in [0.717, 1.165) is 31.2 Å². The molecule has 1 N–H and O–H groups in total. The molecular formula is C18H16N4O2S. The molecule has 7 heteroatoms. The van der Waals surface area contributed by atoms with Gasteiger partial charge in [0.25, 0.3) is 5.56 Å². The van der Waals surface area contributed by atoms with E-state index in [1.54, 1.807) is 29.9 Å². The van der Waals surface area contributed by atoms with E-state index in [2.05, 4.69) is 9.97 Å². The molecule has 1 unspecified atom stereocenters. The molecule has 0 amide bonds. The highest BCUT2D eigenvalue weighted by Crippen LogP contribution is 2.34. The summed E-state index contributed by atoms with van der Waals surface area (Å²) in [6.45, 7) is 0. The third-order valence-electron chi connectivity index (χ3n) is 4.70. The van der Waals surface area contributed by atoms with Gasteiger partial charge in [-0.1, -0.05) is 0 Å². The number of nitriles is 1. The van der Waals surface area contributed by atoms with Crippen molar-refractivity contribution >= 4 is 27.3 Å². The van der Waals surface area contributed by atoms with Gasteiger partial charge in [-0.05, 0) is 43.4 Å². The van der Waals surface area contributed by atoms with Gasteiger partial charge >= 0.3 is 0 Å². The predicted octanol–water partition coefficient (Wildman–Crippen LogP) is 2.69. The number of H-pyrrole nitrogens is 1. The Kier molecular flexibility index (Phi) is 3.77. The third-order valence-corrected chi connectivity index (χ3v) is 5.89. The van der Waals surface area contributed by atoms with Gasteiger partial charge in [0, 0.05) is 18.1 Å². The zero-order chi connectivity index (χ0) is 17.6. The lowest BCUT2D eigenvalue weighted by atomic mass is 9.97. The van der Waals surface area contributed by atoms with Crippen molar-refractivity contribution in [3.63, 3.8) is 0 Å². The topological polar surface area (TPSA) is 91.5 Å². The van der Waals surface area contributed by atoms with Gasteiger partial charge in [0.1, 0.15) is 10.7 Å². The summed E-state index contributed by atoms with van der Waals surface area (Å²) in [4.78, 5) is 34.3. The van der Waals surface area contributed by atoms with Crippen molar-refractivity contribution in [1.82, 2.24) is 14.5 Å². The Morgan fingerprint density at radius 2 is 2.24 bits per heavy atom. The first-order chi connectivity index (χ1) is 12.1. The van der Waals surface area contributed by atoms with Crippen LogP contribution in [0, 0.1) is 11.3 Å². The van der Waals surface area contributed by atoms with E-state index < -0.39 is 5.92 Å². The molecule has 0 aliphatic heterocycles. The first-order valence-electron chi connectivity index (χ1n) is 8.19. The van der Waals surface area contributed by atoms with Crippen LogP contribution in [0.5, 0.6) is 0 Å². The summed E-state index contributed by atoms with van der Waals surface area (Å²) < 4.78 is 1.66. The molecule has 1 aliphatic carbocycles. The molecule has 25 heavy (non-hydrogen) atoms. The highest BCUT2D eigenvalue weighted by molar-refractivity contribution is 7.18. The molecule has 0 fully saturated rings. The maximum Gasteiger partial charge on any atom is 0.259 e. The van der Waals surface area contributed by atoms with Gasteiger partial charge in [-0.25, -0.2) is 4.98 Å². The number of Topliss-reactive ketones (excluding diaryl/α,β-unsaturated/α-hetero) is 1. The van der Waals surface area contributed by atoms with Gasteiger partial charge in [0.15, 0.2) is 5.92 Å². The summed E-state index contributed by atoms with van der Waals surface area (Å²) in [6.07, 6.45) is 5.80. The number of nitrogens with zero attached hydrogens (tertiary/aromatic N) is 3. The van der Waals surface area contributed by atoms with E-state index in [9.17, 15) is 14.9 Å². The molecule has 0 bridgehead atoms. The Morgan fingerprint density at radius 1 is 1.44 bits per heavy atom. The fraction of sp³-hybridized carbons (Fsp3) is 0.333. The van der Waals surface area contributed by atoms with Crippen LogP contribution in [0.1, 0.15) is 45.5 Å². The number of carbonyl (C=O) groups is 1. The zero-order valence-electron chi connectivity index (χ0n) is 13.7. The van der Waals surface area contributed by atoms with Crippen LogP contribution in [-0.4, -0.2) is 20.3 Å². The normalized spacial score (nSPS) is 14.9. The number of aromatic amines is 1. The zero-order valence-corrected chi connectivity index (χ0v) is 14.5. The van der Waals surface area contributed by atoms with E-state index in [1.165, 1.54) is 16.2 Å². The van der Waals surface area contributed by atoms with Gasteiger partial charge in [-0.3, -0.25) is 9.59 Å². The molecule has 3 aromatic heterocycles. The molecule has 3 heterocycles. The molecule has 126 valence electrons. The number of hydrogen-bond donors (Lipinski definition) is 1. The number of ketones is 1. The van der Waals surface area contributed by atoms with Crippen LogP contribution in [0.25, 0.3) is 10.2 Å². The summed E-state index contributed by atoms with van der Waals surface area (Å²) in [6, 6.07) is 5.40. The number of aromatic nitrogens is 3. The lowest BCUT2D eigenvalue weighted by Gasteiger charge is -2.10. The lowest BCUT2D eigenvalue weighted by Crippen LogP contribution is -2.21. The smallest absolute Gasteiger partial charge is 0.259 e. The number of aryl methyl sites for hydroxylation is 3. The van der Waals surface area contributed by atoms with Crippen molar-refractivity contribution < 1.29 is 4.79 Å². The summed E-state index contributed by atoms with van der Waals surface area (Å²) in [5.74, 6) is -1.35. The second-order valence-electron chi connectivity index (χ2n) is 6.27. The van der Waals surface area contributed by atoms with E-state index in [0.29, 0.717) is 15.9 Å². The highest BCUT2D eigenvalue weighted by atomic mass is 32.1. The molecule has 4 rings (SSSR count). The van der Waals surface area contributed by atoms with Gasteiger partial charge in [0.2, 0.25) is 5.78 Å². The number of carbonyl (C=O) groups excluding carboxylic acids is 1. The Morgan fingerprint density at radius 3 is 2.96 bits per heavy atom. The minimum absolute atomic E-state index is 0.129. The summed E-state index contributed by atoms with van der Waals surface area (Å²) in [7, 11) is 1.74. The Hall–Kier alpha value is -2.72. The quantitative estimate of drug-likeness (QED) is 0.734. The first kappa shape index (κ1) is 15.8. The largest absolute Gasteiger partial charge is 0.348 e. The van der Waals surface area contributed by atoms with Crippen molar-refractivity contribution in [3.05, 3.63) is 50.6 Å². The highest BCUT2D eigenvalue weighted by Gasteiger charge is 2.28. The molecule has 6 nitrogen and oxygen atoms in total. The van der Waals surface area contributed by atoms with E-state index in [4.69, 9.17) is 0 Å². The van der Waals surface area contributed by atoms with Crippen LogP contribution in [0.15, 0.2) is 23.1 Å². The minimum atomic E-state index is -1.12. The molecule has 1 aliphatic rings. The Labute approximate surface area is 147 Å². The van der Waals surface area contributed by atoms with Crippen molar-refractivity contribution in [2.75, 3.05) is 0 Å². The molecule has 0 spiro atoms. The standard InChI is InChI=1S/C18H16N4O2S/c1-22-8-4-6-12(22)15(23)11(9-19)16-20-17(24)14-10-5-2-3-7-13(10)25-18(14)21-16/h4,6,8,11H,2-3,5,7H2,1H3,(H,20,21,24). The van der Waals surface area contributed by atoms with Gasteiger partial charge in [-0.2, -0.15) is 5.26 Å². The maximum atomic E-state index is 12.7. The third kappa shape index (κ3) is 2.50. The molecule has 0 saturated heterocycles. The van der Waals surface area contributed by atoms with Crippen molar-refractivity contribution in [2.45, 2.75) is 31.6 Å². The van der Waals surface area contributed by atoms with Crippen LogP contribution in [0.4, 0.5) is 0 Å². The fourth-order valence-corrected chi connectivity index (χ4v) is 4.70. The predicted molar refractivity (Wildman–Crippen MR) is 95.0 cm³/mol. The lowest BCUT2D eigenvalue weighted by molar-refractivity contribution is 0.0968. The van der Waals surface area contributed by atoms with Crippen LogP contribution in [0.3, 0.4) is 0 Å². The second-order valence-corrected chi connectivity index (χ2v) is 7.36. The van der Waals surface area contributed by atoms with Crippen LogP contribution < -0.4 is 5.56 Å². The molecular weight excluding hydrogens is 336 g/mol. The molecule has 0 radical (unpaired) electrons. The average Bonchev–Trinajstić information content (AvgIpc) is 3.18. The Bertz CT molecular complexity index is 1080. The Balaban J connectivity index is 1.83. The number of fused-ring (bicyclic) bond motifs is 3. The first-order valence-corrected chi connectivity index (χ1v) is 9.01. The van der Waals surface area contributed by atoms with Gasteiger partial charge < -0.3 is 9.55 Å². The van der Waals surface area contributed by atoms with Crippen LogP contribution >= 0.6 is 11.3 Å². The monoisotopic (exact) mass is 352 g/mol. The summed E-state index contributed by atoms with van der Waals surface area (Å²) in [5.41, 5.74) is 1.26. The van der Waals surface area contributed by atoms with E-state index >= 15 is 0 Å². The van der Waals surface area contributed by atoms with Crippen LogP contribution in [0.2, 0.25) is 0 Å². The summed E-state index contributed by atoms with van der Waals surface area (Å²) in [5, 5.41) is 10.2. The number of thiophene rings is 1. The minimum Gasteiger partial charge on any atom is -0.348 e. The van der Waals surface area contributed by atoms with Crippen LogP contribution in [-0.2, 0) is 19.9 Å². The SMILES string of the molecule is Cn1cccc1C(=O)C(C#N)c1nc2sc3c(c2c(=O)[nH]1)CCCC3. The summed E-state index contributed by atoms with van der Waals surface area (Å²) >= 11 is 1.51. The fourth-order valence-electron chi connectivity index (χ4n) is 3.43. The van der Waals surface area contributed by atoms with Crippen molar-refractivity contribution in [1.29, 1.82) is 5.26 Å².